The molecule has 0 aromatic carbocycles. The van der Waals surface area contributed by atoms with Gasteiger partial charge in [0.2, 0.25) is 29.5 Å². The Kier molecular flexibility index (Phi) is 50.7. The highest BCUT2D eigenvalue weighted by molar-refractivity contribution is 5.84. The van der Waals surface area contributed by atoms with Crippen LogP contribution in [-0.4, -0.2) is 616 Å². The molecule has 38 N–H and O–H groups in total. The molecule has 8 aliphatic heterocycles. The van der Waals surface area contributed by atoms with E-state index in [0.717, 1.165) is 34.6 Å². The monoisotopic (exact) mass is 2180 g/mol. The molecule has 8 rings (SSSR count). The lowest BCUT2D eigenvalue weighted by molar-refractivity contribution is -0.383. The summed E-state index contributed by atoms with van der Waals surface area (Å²) in [6.45, 7) is -8.27. The minimum Gasteiger partial charge on any atom is -0.477 e. The van der Waals surface area contributed by atoms with Gasteiger partial charge in [0.05, 0.1) is 122 Å². The van der Waals surface area contributed by atoms with E-state index in [-0.39, 0.29) is 33.0 Å². The van der Waals surface area contributed by atoms with Crippen LogP contribution < -0.4 is 31.9 Å². The van der Waals surface area contributed by atoms with E-state index in [0.29, 0.717) is 0 Å². The van der Waals surface area contributed by atoms with E-state index in [1.807, 2.05) is 0 Å². The second-order valence-electron chi connectivity index (χ2n) is 36.3. The number of hydrogen-bond acceptors (Lipinski definition) is 58. The summed E-state index contributed by atoms with van der Waals surface area (Å²) in [5.74, 6) is -14.2. The highest BCUT2D eigenvalue weighted by Crippen LogP contribution is 2.42. The zero-order chi connectivity index (χ0) is 111. The number of nitrogens with one attached hydrogen (secondary N) is 6. The number of rotatable bonds is 56. The quantitative estimate of drug-likeness (QED) is 0.00884. The van der Waals surface area contributed by atoms with Crippen LogP contribution in [0, 0.1) is 0 Å². The second-order valence-corrected chi connectivity index (χ2v) is 36.3. The van der Waals surface area contributed by atoms with E-state index in [9.17, 15) is 197 Å². The van der Waals surface area contributed by atoms with Crippen molar-refractivity contribution in [1.82, 2.24) is 31.9 Å². The van der Waals surface area contributed by atoms with Gasteiger partial charge >= 0.3 is 5.97 Å². The Morgan fingerprint density at radius 3 is 1.29 bits per heavy atom. The molecule has 0 aromatic heterocycles. The Labute approximate surface area is 844 Å². The summed E-state index contributed by atoms with van der Waals surface area (Å²) < 4.78 is 110. The highest BCUT2D eigenvalue weighted by atomic mass is 16.8. The van der Waals surface area contributed by atoms with Crippen molar-refractivity contribution in [3.05, 3.63) is 10.4 Å². The molecule has 8 aliphatic rings. The molecule has 67 nitrogen and oxygen atoms in total. The Morgan fingerprint density at radius 2 is 0.812 bits per heavy atom. The van der Waals surface area contributed by atoms with Crippen LogP contribution in [0.2, 0.25) is 0 Å². The van der Waals surface area contributed by atoms with Gasteiger partial charge in [-0.25, -0.2) is 4.79 Å². The third-order valence-electron chi connectivity index (χ3n) is 25.4. The molecule has 8 heterocycles. The van der Waals surface area contributed by atoms with E-state index < -0.39 is 445 Å². The number of azide groups is 1. The molecule has 0 aromatic rings. The number of aliphatic carboxylic acids is 1. The van der Waals surface area contributed by atoms with E-state index >= 15 is 0 Å². The average molecular weight is 2180 g/mol. The topological polar surface area (TPSA) is 1060 Å². The van der Waals surface area contributed by atoms with Crippen LogP contribution in [0.15, 0.2) is 5.11 Å². The fourth-order valence-electron chi connectivity index (χ4n) is 17.6. The average Bonchev–Trinajstić information content (AvgIpc) is 0.751. The summed E-state index contributed by atoms with van der Waals surface area (Å²) >= 11 is 0. The molecule has 0 spiro atoms. The molecule has 862 valence electrons. The Balaban J connectivity index is 1.06. The summed E-state index contributed by atoms with van der Waals surface area (Å²) in [7, 11) is 0. The number of ether oxygens (including phenoxy) is 19. The van der Waals surface area contributed by atoms with E-state index in [1.165, 1.54) is 0 Å². The zero-order valence-corrected chi connectivity index (χ0v) is 80.6. The summed E-state index contributed by atoms with van der Waals surface area (Å²) in [6, 6.07) is -9.53. The first-order valence-corrected chi connectivity index (χ1v) is 47.0. The normalized spacial score (nSPS) is 39.1. The number of carbonyl (C=O) groups excluding carboxylic acids is 6. The van der Waals surface area contributed by atoms with E-state index in [2.05, 4.69) is 41.9 Å². The number of carboxylic acids is 1. The van der Waals surface area contributed by atoms with Crippen LogP contribution in [0.5, 0.6) is 0 Å². The van der Waals surface area contributed by atoms with Gasteiger partial charge in [-0.1, -0.05) is 5.11 Å². The van der Waals surface area contributed by atoms with Crippen LogP contribution in [-0.2, 0) is 124 Å². The maximum Gasteiger partial charge on any atom is 0.364 e. The Hall–Kier alpha value is -6.40. The van der Waals surface area contributed by atoms with E-state index in [4.69, 9.17) is 95.5 Å². The molecule has 6 amide bonds. The lowest BCUT2D eigenvalue weighted by atomic mass is 9.88. The van der Waals surface area contributed by atoms with E-state index in [1.54, 1.807) is 0 Å². The minimum absolute atomic E-state index is 0.00530. The van der Waals surface area contributed by atoms with Gasteiger partial charge in [-0.15, -0.1) is 0 Å². The zero-order valence-electron chi connectivity index (χ0n) is 80.6. The standard InChI is InChI=1S/C82H141N9O58/c1-26(99)86-43-33(106)16-81(148-67(43)49(111)35(108)18-93,79(128)84-8-12-131-14-15-132-13-9-85-91-83)134-24-41-52(114)57(119)60(122)76(140-41)145-66-40(23-98)139-75(47(56(66)118)90-30(5)103)147-70-59(121)51(113)37(20-95)137-78(70)143-63(62(124)72(126)142-64-38(21-96)136-71(125)45(54(64)116)88-28(3)101)32(105)7-11-133-73(127)69(48(110)31(104)6-10-92)146-74-46(89-29(4)102)55(117)65(39(22-97)138-74)144-77-61(123)58(120)53(115)42(141-77)25-135-82(80(129)130)17-34(107)44(87-27(2)100)68(149-82)50(112)36(109)19-94/h31-78,92-98,104-127H,6-25H2,1-5H3,(H,84,128)(H,86,99)(H,87,100)(H,88,101)(H,89,102)(H,90,103)(H,129,130)/t31-,32-,33-,34-,35-,36-,37+,38?,39?,40?,41?,42?,43-,44-,45?,46?,47?,48?,49-,50-,51-,52+,53+,54-,55-,56-,57+,58+,59?,60?,61?,62?,63+,64-,65-,66-,67?,68?,69-,70?,71-,72+,73-,74+,75+,76+,77+,78-,81-,82-/m1/s1. The van der Waals surface area contributed by atoms with Crippen molar-refractivity contribution in [1.29, 1.82) is 0 Å². The van der Waals surface area contributed by atoms with Gasteiger partial charge in [0, 0.05) is 72.1 Å². The first kappa shape index (κ1) is 128. The van der Waals surface area contributed by atoms with Crippen LogP contribution in [0.25, 0.3) is 10.4 Å². The Bertz CT molecular complexity index is 4150. The molecule has 0 aliphatic carbocycles. The minimum atomic E-state index is -3.11. The fraction of sp³-hybridized carbons (Fsp3) is 0.915. The van der Waals surface area contributed by atoms with Crippen molar-refractivity contribution in [2.45, 2.75) is 366 Å². The third kappa shape index (κ3) is 32.7. The van der Waals surface area contributed by atoms with Crippen molar-refractivity contribution in [2.75, 3.05) is 106 Å². The molecule has 8 saturated heterocycles. The van der Waals surface area contributed by atoms with Gasteiger partial charge in [-0.3, -0.25) is 28.8 Å². The van der Waals surface area contributed by atoms with Crippen molar-refractivity contribution in [2.24, 2.45) is 5.11 Å². The van der Waals surface area contributed by atoms with Gasteiger partial charge < -0.3 is 285 Å². The first-order chi connectivity index (χ1) is 70.3. The summed E-state index contributed by atoms with van der Waals surface area (Å²) in [5.41, 5.74) is 8.51. The molecule has 0 bridgehead atoms. The van der Waals surface area contributed by atoms with Crippen LogP contribution >= 0.6 is 0 Å². The van der Waals surface area contributed by atoms with Gasteiger partial charge in [0.1, 0.15) is 207 Å². The van der Waals surface area contributed by atoms with Crippen LogP contribution in [0.1, 0.15) is 60.3 Å². The number of carboxylic acid groups (broad SMARTS) is 1. The van der Waals surface area contributed by atoms with Crippen LogP contribution in [0.3, 0.4) is 0 Å². The second kappa shape index (κ2) is 59.1. The summed E-state index contributed by atoms with van der Waals surface area (Å²) in [4.78, 5) is 93.4. The number of hydrogen-bond donors (Lipinski definition) is 38. The molecule has 0 radical (unpaired) electrons. The maximum absolute atomic E-state index is 14.5. The summed E-state index contributed by atoms with van der Waals surface area (Å²) in [6.07, 6.45) is -104. The molecular weight excluding hydrogens is 2040 g/mol. The SMILES string of the molecule is CC(=O)NC1[C@H](OC2C(O)[C@H](O)[C@H](CO)O[C@@H]2O[C@H](C(O)[C@@H](O)O[C@@H]2C(CO)O[C@@H](O)C(NC(C)=O)[C@H]2O)[C@H](O)CCO[C@@H](O)[C@H](O[C@@H]2OC(CO)[C@@H](O[C@@H]3OC(CO[C@]4(C(=O)O)C[C@@H](O)[C@@H](NC(C)=O)C([C@H](O)[C@H](O)CO)O4)[C@H](O)[C@H](O)C3O)[C@H](O)C2NC(C)=O)C(O)[C@H](O)CCO)OC(CO)[C@@H](O[C@@H]2OC(CO[C@]3(C(=O)NCCOCCOCCN=[N+]=[N-])C[C@@H](O)[C@@H](NC(C)=O)C([C@H](O)[C@H](O)CO)O3)[C@H](O)[C@H](O)C2O)[C@@H]1O. The van der Waals surface area contributed by atoms with Gasteiger partial charge in [0.15, 0.2) is 50.3 Å². The largest absolute Gasteiger partial charge is 0.477 e. The number of carbonyl (C=O) groups is 7. The lowest BCUT2D eigenvalue weighted by Crippen LogP contribution is -2.70. The molecular formula is C82H141N9O58. The predicted molar refractivity (Wildman–Crippen MR) is 467 cm³/mol. The number of aliphatic hydroxyl groups excluding tert-OH is 31. The van der Waals surface area contributed by atoms with Crippen molar-refractivity contribution in [3.8, 4) is 0 Å². The van der Waals surface area contributed by atoms with Gasteiger partial charge in [-0.2, -0.15) is 0 Å². The third-order valence-corrected chi connectivity index (χ3v) is 25.4. The van der Waals surface area contributed by atoms with Gasteiger partial charge in [-0.05, 0) is 18.4 Å². The summed E-state index contributed by atoms with van der Waals surface area (Å²) in [5, 5.41) is 377. The molecule has 67 heteroatoms. The number of nitrogens with zero attached hydrogens (tertiary/aromatic N) is 3. The maximum atomic E-state index is 14.5. The van der Waals surface area contributed by atoms with Crippen molar-refractivity contribution in [3.63, 3.8) is 0 Å². The molecule has 16 unspecified atom stereocenters. The fourth-order valence-corrected chi connectivity index (χ4v) is 17.6. The lowest BCUT2D eigenvalue weighted by Gasteiger charge is -2.50. The van der Waals surface area contributed by atoms with Crippen molar-refractivity contribution < 1.29 is 287 Å². The Morgan fingerprint density at radius 1 is 0.396 bits per heavy atom. The molecule has 8 fully saturated rings. The predicted octanol–water partition coefficient (Wildman–Crippen LogP) is -23.3. The molecule has 0 saturated carbocycles. The first-order valence-electron chi connectivity index (χ1n) is 47.0. The number of amides is 6. The molecule has 50 atom stereocenters. The smallest absolute Gasteiger partial charge is 0.364 e. The van der Waals surface area contributed by atoms with Gasteiger partial charge in [0.25, 0.3) is 17.5 Å². The number of aliphatic hydroxyl groups is 31. The van der Waals surface area contributed by atoms with Crippen LogP contribution in [0.4, 0.5) is 0 Å². The molecule has 149 heavy (non-hydrogen) atoms. The highest BCUT2D eigenvalue weighted by Gasteiger charge is 2.63. The van der Waals surface area contributed by atoms with Crippen molar-refractivity contribution >= 4 is 41.4 Å².